The summed E-state index contributed by atoms with van der Waals surface area (Å²) in [6.45, 7) is 20.4. The average Bonchev–Trinajstić information content (AvgIpc) is 1.18. The molecule has 0 N–H and O–H groups in total. The molecule has 0 spiro atoms. The van der Waals surface area contributed by atoms with Gasteiger partial charge < -0.3 is 26.5 Å². The summed E-state index contributed by atoms with van der Waals surface area (Å²) in [4.78, 5) is 24.8. The number of rotatable bonds is 12. The first kappa shape index (κ1) is 45.2. The summed E-state index contributed by atoms with van der Waals surface area (Å²) in [5.74, 6) is 2.76. The van der Waals surface area contributed by atoms with Gasteiger partial charge in [0, 0.05) is 78.6 Å². The van der Waals surface area contributed by atoms with E-state index in [0.29, 0.717) is 68.2 Å². The molecule has 0 bridgehead atoms. The summed E-state index contributed by atoms with van der Waals surface area (Å²) < 4.78 is 98.5. The molecule has 8 nitrogen and oxygen atoms in total. The van der Waals surface area contributed by atoms with Crippen LogP contribution in [-0.4, -0.2) is 31.2 Å². The number of anilines is 2. The van der Waals surface area contributed by atoms with Crippen molar-refractivity contribution in [3.8, 4) is 51.0 Å². The molecule has 0 unspecified atom stereocenters. The molecule has 0 saturated heterocycles. The zero-order valence-corrected chi connectivity index (χ0v) is 50.1. The standard InChI is InChI=1S/C72H65N7O.CH3.Pt/c1-47-48(2)64(50-26-15-11-16-27-50)66(65(49(47)3)51-28-17-12-18-29-51)78-41-40-77(46-78)55-34-25-35-56(43-55)80-62-45-61-58(57-36-23-24-37-60(57)79(61)63-42-54(38-39-73-63)70(4,5)6)44-59(62)67-74-68(71(7,8)52-30-19-13-20-31-52)76-69(75-67)72(9,10)53-32-21-14-22-33-53;;/h11-42,44H,46H2,1-10H3;1H3;/q-2;-1;/i11D,12D,15D,16D,17D,18D,26D,27D,28D,29D;;. The fourth-order valence-corrected chi connectivity index (χ4v) is 10.7. The molecule has 82 heavy (non-hydrogen) atoms. The number of hydrogen-bond acceptors (Lipinski definition) is 7. The van der Waals surface area contributed by atoms with Gasteiger partial charge in [-0.05, 0) is 128 Å². The van der Waals surface area contributed by atoms with Crippen molar-refractivity contribution in [3.63, 3.8) is 0 Å². The fraction of sp³-hybridized carbons (Fsp3) is 0.192. The van der Waals surface area contributed by atoms with E-state index in [1.54, 1.807) is 37.2 Å². The van der Waals surface area contributed by atoms with Gasteiger partial charge in [-0.3, -0.25) is 0 Å². The number of benzene rings is 8. The van der Waals surface area contributed by atoms with Crippen LogP contribution in [0.3, 0.4) is 0 Å². The molecule has 12 rings (SSSR count). The van der Waals surface area contributed by atoms with Crippen LogP contribution in [0, 0.1) is 40.3 Å². The summed E-state index contributed by atoms with van der Waals surface area (Å²) in [5.41, 5.74) is 6.64. The van der Waals surface area contributed by atoms with Crippen LogP contribution in [0.4, 0.5) is 11.4 Å². The normalized spacial score (nSPS) is 14.4. The second-order valence-corrected chi connectivity index (χ2v) is 22.4. The Morgan fingerprint density at radius 3 is 1.71 bits per heavy atom. The predicted octanol–water partition coefficient (Wildman–Crippen LogP) is 17.8. The molecule has 0 saturated carbocycles. The van der Waals surface area contributed by atoms with Crippen LogP contribution in [0.5, 0.6) is 11.5 Å². The summed E-state index contributed by atoms with van der Waals surface area (Å²) in [6, 6.07) is 42.4. The van der Waals surface area contributed by atoms with Crippen molar-refractivity contribution >= 4 is 33.2 Å². The van der Waals surface area contributed by atoms with Crippen molar-refractivity contribution in [1.82, 2.24) is 24.5 Å². The number of aromatic nitrogens is 5. The van der Waals surface area contributed by atoms with E-state index in [0.717, 1.165) is 33.0 Å². The average molecular weight is 1260 g/mol. The van der Waals surface area contributed by atoms with Crippen LogP contribution in [0.25, 0.3) is 61.3 Å². The van der Waals surface area contributed by atoms with Gasteiger partial charge >= 0.3 is 0 Å². The van der Waals surface area contributed by atoms with Crippen LogP contribution < -0.4 is 14.5 Å². The Balaban J connectivity index is 0.00000464. The van der Waals surface area contributed by atoms with Gasteiger partial charge in [0.05, 0.1) is 26.1 Å². The molecule has 1 aliphatic heterocycles. The number of para-hydroxylation sites is 1. The van der Waals surface area contributed by atoms with Crippen LogP contribution in [-0.2, 0) is 37.3 Å². The number of pyridine rings is 1. The molecule has 0 radical (unpaired) electrons. The predicted molar refractivity (Wildman–Crippen MR) is 334 cm³/mol. The molecule has 11 aromatic rings. The topological polar surface area (TPSA) is 72.2 Å². The minimum absolute atomic E-state index is 0. The molecule has 0 amide bonds. The van der Waals surface area contributed by atoms with E-state index in [9.17, 15) is 5.48 Å². The molecule has 0 atom stereocenters. The van der Waals surface area contributed by atoms with Crippen molar-refractivity contribution in [3.05, 3.63) is 265 Å². The maximum atomic E-state index is 9.27. The minimum Gasteiger partial charge on any atom is -0.508 e. The SMILES string of the molecule is [2H]c1c([2H])c([2H])c(-c2c(C)c(C)c(C)c(-c3c([2H])c([2H])c([2H])c([2H])c3[2H])c2N2C=CN(c3[c-]c(Oc4[c-]c5c(cc4-c4nc(C(C)(C)c6ccccc6)nc(C(C)(C)c6ccccc6)n4)c4ccccc4n5-c4cc(C(C)(C)C)ccn4)ccc3)C2)c([2H])c1[2H].[CH3-].[Pt]. The van der Waals surface area contributed by atoms with Crippen LogP contribution in [0.1, 0.15) is 107 Å². The van der Waals surface area contributed by atoms with E-state index >= 15 is 0 Å². The summed E-state index contributed by atoms with van der Waals surface area (Å²) in [6.07, 6.45) is 5.39. The number of nitrogens with zero attached hydrogens (tertiary/aromatic N) is 7. The van der Waals surface area contributed by atoms with Crippen LogP contribution >= 0.6 is 0 Å². The first-order valence-corrected chi connectivity index (χ1v) is 26.8. The molecular formula is C73H68N7OPt-3. The van der Waals surface area contributed by atoms with Crippen LogP contribution in [0.15, 0.2) is 200 Å². The van der Waals surface area contributed by atoms with Gasteiger partial charge in [0.25, 0.3) is 0 Å². The number of hydrogen-bond donors (Lipinski definition) is 0. The Morgan fingerprint density at radius 1 is 0.561 bits per heavy atom. The van der Waals surface area contributed by atoms with E-state index in [-0.39, 0.29) is 68.5 Å². The van der Waals surface area contributed by atoms with Crippen LogP contribution in [0.2, 0.25) is 0 Å². The second-order valence-electron chi connectivity index (χ2n) is 22.4. The van der Waals surface area contributed by atoms with Gasteiger partial charge in [0.2, 0.25) is 0 Å². The smallest absolute Gasteiger partial charge is 0.141 e. The Hall–Kier alpha value is -8.45. The Kier molecular flexibility index (Phi) is 12.4. The Morgan fingerprint density at radius 2 is 1.12 bits per heavy atom. The summed E-state index contributed by atoms with van der Waals surface area (Å²) in [5, 5.41) is 1.81. The van der Waals surface area contributed by atoms with Crippen molar-refractivity contribution in [1.29, 1.82) is 0 Å². The van der Waals surface area contributed by atoms with E-state index in [1.165, 1.54) is 0 Å². The summed E-state index contributed by atoms with van der Waals surface area (Å²) >= 11 is 0. The molecule has 414 valence electrons. The maximum absolute atomic E-state index is 9.27. The zero-order valence-electron chi connectivity index (χ0n) is 57.8. The van der Waals surface area contributed by atoms with Gasteiger partial charge in [0.15, 0.2) is 0 Å². The summed E-state index contributed by atoms with van der Waals surface area (Å²) in [7, 11) is 0. The zero-order chi connectivity index (χ0) is 64.2. The molecular weight excluding hydrogens is 1190 g/mol. The van der Waals surface area contributed by atoms with Gasteiger partial charge in [-0.2, -0.15) is 6.07 Å². The first-order chi connectivity index (χ1) is 42.7. The fourth-order valence-electron chi connectivity index (χ4n) is 10.7. The largest absolute Gasteiger partial charge is 0.508 e. The maximum Gasteiger partial charge on any atom is 0.141 e. The number of fused-ring (bicyclic) bond motifs is 3. The third-order valence-corrected chi connectivity index (χ3v) is 15.6. The monoisotopic (exact) mass is 1260 g/mol. The van der Waals surface area contributed by atoms with E-state index in [4.69, 9.17) is 32.9 Å². The van der Waals surface area contributed by atoms with Gasteiger partial charge in [-0.1, -0.05) is 171 Å². The van der Waals surface area contributed by atoms with Crippen molar-refractivity contribution in [2.24, 2.45) is 0 Å². The first-order valence-electron chi connectivity index (χ1n) is 31.8. The quantitative estimate of drug-likeness (QED) is 0.113. The van der Waals surface area contributed by atoms with Gasteiger partial charge in [0.1, 0.15) is 23.3 Å². The number of ether oxygens (including phenoxy) is 1. The van der Waals surface area contributed by atoms with Crippen molar-refractivity contribution in [2.75, 3.05) is 16.5 Å². The molecule has 0 fully saturated rings. The minimum atomic E-state index is -0.699. The third kappa shape index (κ3) is 10.3. The van der Waals surface area contributed by atoms with E-state index < -0.39 is 71.3 Å². The van der Waals surface area contributed by atoms with Crippen molar-refractivity contribution < 1.29 is 39.5 Å². The third-order valence-electron chi connectivity index (χ3n) is 15.6. The molecule has 9 heteroatoms. The van der Waals surface area contributed by atoms with E-state index in [1.807, 2.05) is 84.8 Å². The second kappa shape index (κ2) is 22.5. The van der Waals surface area contributed by atoms with E-state index in [2.05, 4.69) is 114 Å². The molecule has 4 heterocycles. The molecule has 1 aliphatic rings. The van der Waals surface area contributed by atoms with Crippen molar-refractivity contribution in [2.45, 2.75) is 85.5 Å². The van der Waals surface area contributed by atoms with Gasteiger partial charge in [-0.25, -0.2) is 19.9 Å². The Bertz CT molecular complexity index is 4550. The molecule has 3 aromatic heterocycles. The molecule has 0 aliphatic carbocycles. The Labute approximate surface area is 512 Å². The van der Waals surface area contributed by atoms with Gasteiger partial charge in [-0.15, -0.1) is 35.7 Å². The molecule has 8 aromatic carbocycles.